The molecule has 6 heteroatoms. The third-order valence-electron chi connectivity index (χ3n) is 3.57. The highest BCUT2D eigenvalue weighted by Crippen LogP contribution is 2.42. The van der Waals surface area contributed by atoms with Gasteiger partial charge in [-0.2, -0.15) is 10.5 Å². The Kier molecular flexibility index (Phi) is 6.06. The maximum absolute atomic E-state index is 12.4. The topological polar surface area (TPSA) is 85.9 Å². The molecule has 24 heavy (non-hydrogen) atoms. The molecule has 0 fully saturated rings. The summed E-state index contributed by atoms with van der Waals surface area (Å²) in [5.74, 6) is -0.893. The summed E-state index contributed by atoms with van der Waals surface area (Å²) in [6.45, 7) is 5.97. The van der Waals surface area contributed by atoms with Gasteiger partial charge < -0.3 is 10.1 Å². The lowest BCUT2D eigenvalue weighted by Gasteiger charge is -2.29. The molecule has 1 N–H and O–H groups in total. The molecule has 1 heterocycles. The molecule has 0 aromatic heterocycles. The highest BCUT2D eigenvalue weighted by atomic mass is 32.2. The van der Waals surface area contributed by atoms with E-state index in [1.807, 2.05) is 25.1 Å². The van der Waals surface area contributed by atoms with Gasteiger partial charge in [0.2, 0.25) is 5.91 Å². The highest BCUT2D eigenvalue weighted by molar-refractivity contribution is 8.03. The summed E-state index contributed by atoms with van der Waals surface area (Å²) in [7, 11) is 0. The van der Waals surface area contributed by atoms with Crippen LogP contribution in [0.4, 0.5) is 0 Å². The van der Waals surface area contributed by atoms with Crippen LogP contribution in [0.1, 0.15) is 18.4 Å². The molecule has 1 aromatic carbocycles. The second-order valence-corrected chi connectivity index (χ2v) is 6.03. The SMILES string of the molecule is C=CCSC1=C(C#N)[C@@H](c2ccccc2OCC)[C@@H](C#N)C(=O)N1. The average molecular weight is 339 g/mol. The maximum atomic E-state index is 12.4. The van der Waals surface area contributed by atoms with Gasteiger partial charge in [-0.05, 0) is 13.0 Å². The molecule has 0 spiro atoms. The lowest BCUT2D eigenvalue weighted by molar-refractivity contribution is -0.123. The van der Waals surface area contributed by atoms with Gasteiger partial charge in [0.25, 0.3) is 0 Å². The predicted octanol–water partition coefficient (Wildman–Crippen LogP) is 3.09. The second kappa shape index (κ2) is 8.24. The van der Waals surface area contributed by atoms with E-state index in [1.54, 1.807) is 18.2 Å². The minimum Gasteiger partial charge on any atom is -0.494 e. The first kappa shape index (κ1) is 17.7. The third-order valence-corrected chi connectivity index (χ3v) is 4.58. The molecule has 1 aliphatic heterocycles. The first-order chi connectivity index (χ1) is 11.7. The molecule has 1 aliphatic rings. The van der Waals surface area contributed by atoms with Crippen LogP contribution >= 0.6 is 11.8 Å². The number of nitrogens with zero attached hydrogens (tertiary/aromatic N) is 2. The summed E-state index contributed by atoms with van der Waals surface area (Å²) in [4.78, 5) is 12.4. The Labute approximate surface area is 145 Å². The number of nitrogens with one attached hydrogen (secondary N) is 1. The molecular weight excluding hydrogens is 322 g/mol. The van der Waals surface area contributed by atoms with Crippen molar-refractivity contribution in [3.05, 3.63) is 53.1 Å². The van der Waals surface area contributed by atoms with Crippen LogP contribution in [-0.4, -0.2) is 18.3 Å². The van der Waals surface area contributed by atoms with Crippen LogP contribution in [0, 0.1) is 28.6 Å². The Morgan fingerprint density at radius 3 is 2.79 bits per heavy atom. The number of hydrogen-bond acceptors (Lipinski definition) is 5. The molecule has 1 aromatic rings. The van der Waals surface area contributed by atoms with Crippen molar-refractivity contribution in [1.29, 1.82) is 10.5 Å². The van der Waals surface area contributed by atoms with Gasteiger partial charge in [0, 0.05) is 11.3 Å². The number of amides is 1. The molecule has 0 saturated heterocycles. The largest absolute Gasteiger partial charge is 0.494 e. The number of ether oxygens (including phenoxy) is 1. The van der Waals surface area contributed by atoms with Crippen molar-refractivity contribution in [3.63, 3.8) is 0 Å². The van der Waals surface area contributed by atoms with Gasteiger partial charge in [-0.3, -0.25) is 4.79 Å². The van der Waals surface area contributed by atoms with Crippen molar-refractivity contribution in [2.75, 3.05) is 12.4 Å². The molecule has 0 aliphatic carbocycles. The number of thioether (sulfide) groups is 1. The van der Waals surface area contributed by atoms with Crippen LogP contribution in [0.25, 0.3) is 0 Å². The lowest BCUT2D eigenvalue weighted by atomic mass is 9.79. The van der Waals surface area contributed by atoms with Gasteiger partial charge in [-0.15, -0.1) is 18.3 Å². The Morgan fingerprint density at radius 1 is 1.42 bits per heavy atom. The summed E-state index contributed by atoms with van der Waals surface area (Å²) < 4.78 is 5.63. The maximum Gasteiger partial charge on any atom is 0.243 e. The Hall–Kier alpha value is -2.70. The number of hydrogen-bond donors (Lipinski definition) is 1. The van der Waals surface area contributed by atoms with Gasteiger partial charge in [0.15, 0.2) is 0 Å². The fourth-order valence-corrected chi connectivity index (χ4v) is 3.37. The molecule has 0 saturated carbocycles. The van der Waals surface area contributed by atoms with Crippen LogP contribution in [-0.2, 0) is 4.79 Å². The quantitative estimate of drug-likeness (QED) is 0.805. The normalized spacial score (nSPS) is 19.9. The molecule has 1 amide bonds. The fraction of sp³-hybridized carbons (Fsp3) is 0.278. The van der Waals surface area contributed by atoms with Gasteiger partial charge >= 0.3 is 0 Å². The fourth-order valence-electron chi connectivity index (χ4n) is 2.59. The molecule has 2 rings (SSSR count). The Bertz CT molecular complexity index is 758. The lowest BCUT2D eigenvalue weighted by Crippen LogP contribution is -2.39. The number of nitriles is 2. The number of benzene rings is 1. The number of carbonyl (C=O) groups excluding carboxylic acids is 1. The van der Waals surface area contributed by atoms with Crippen molar-refractivity contribution in [2.24, 2.45) is 5.92 Å². The monoisotopic (exact) mass is 339 g/mol. The number of rotatable bonds is 6. The summed E-state index contributed by atoms with van der Waals surface area (Å²) in [5.41, 5.74) is 1.05. The van der Waals surface area contributed by atoms with Crippen LogP contribution < -0.4 is 10.1 Å². The van der Waals surface area contributed by atoms with E-state index < -0.39 is 17.7 Å². The van der Waals surface area contributed by atoms with Crippen molar-refractivity contribution < 1.29 is 9.53 Å². The first-order valence-electron chi connectivity index (χ1n) is 7.48. The van der Waals surface area contributed by atoms with Gasteiger partial charge in [0.05, 0.1) is 35.3 Å². The second-order valence-electron chi connectivity index (χ2n) is 5.00. The summed E-state index contributed by atoms with van der Waals surface area (Å²) in [5, 5.41) is 22.3. The smallest absolute Gasteiger partial charge is 0.243 e. The molecular formula is C18H17N3O2S. The Balaban J connectivity index is 2.61. The molecule has 0 bridgehead atoms. The summed E-state index contributed by atoms with van der Waals surface area (Å²) in [6.07, 6.45) is 1.69. The first-order valence-corrected chi connectivity index (χ1v) is 8.46. The van der Waals surface area contributed by atoms with Crippen LogP contribution in [0.5, 0.6) is 5.75 Å². The number of carbonyl (C=O) groups is 1. The minimum atomic E-state index is -0.977. The van der Waals surface area contributed by atoms with Gasteiger partial charge in [-0.1, -0.05) is 24.3 Å². The van der Waals surface area contributed by atoms with Crippen molar-refractivity contribution >= 4 is 17.7 Å². The van der Waals surface area contributed by atoms with E-state index in [9.17, 15) is 15.3 Å². The van der Waals surface area contributed by atoms with Crippen LogP contribution in [0.3, 0.4) is 0 Å². The zero-order valence-electron chi connectivity index (χ0n) is 13.3. The Morgan fingerprint density at radius 2 is 2.17 bits per heavy atom. The molecule has 122 valence electrons. The van der Waals surface area contributed by atoms with E-state index in [4.69, 9.17) is 4.74 Å². The zero-order valence-corrected chi connectivity index (χ0v) is 14.1. The standard InChI is InChI=1S/C18H17N3O2S/c1-3-9-24-18-14(11-20)16(13(10-19)17(22)21-18)12-7-5-6-8-15(12)23-4-2/h3,5-8,13,16H,1,4,9H2,2H3,(H,21,22)/t13-,16+/m1/s1. The number of allylic oxidation sites excluding steroid dienone is 1. The van der Waals surface area contributed by atoms with E-state index in [-0.39, 0.29) is 0 Å². The van der Waals surface area contributed by atoms with Crippen LogP contribution in [0.2, 0.25) is 0 Å². The van der Waals surface area contributed by atoms with Crippen molar-refractivity contribution in [1.82, 2.24) is 5.32 Å². The number of para-hydroxylation sites is 1. The molecule has 0 unspecified atom stereocenters. The van der Waals surface area contributed by atoms with E-state index in [1.165, 1.54) is 11.8 Å². The average Bonchev–Trinajstić information content (AvgIpc) is 2.60. The zero-order chi connectivity index (χ0) is 17.5. The van der Waals surface area contributed by atoms with Crippen molar-refractivity contribution in [2.45, 2.75) is 12.8 Å². The molecule has 2 atom stereocenters. The van der Waals surface area contributed by atoms with Gasteiger partial charge in [-0.25, -0.2) is 0 Å². The van der Waals surface area contributed by atoms with Gasteiger partial charge in [0.1, 0.15) is 11.7 Å². The van der Waals surface area contributed by atoms with E-state index in [0.29, 0.717) is 34.3 Å². The van der Waals surface area contributed by atoms with Crippen LogP contribution in [0.15, 0.2) is 47.5 Å². The predicted molar refractivity (Wildman–Crippen MR) is 92.9 cm³/mol. The molecule has 5 nitrogen and oxygen atoms in total. The minimum absolute atomic E-state index is 0.375. The van der Waals surface area contributed by atoms with E-state index >= 15 is 0 Å². The van der Waals surface area contributed by atoms with Crippen molar-refractivity contribution in [3.8, 4) is 17.9 Å². The molecule has 0 radical (unpaired) electrons. The highest BCUT2D eigenvalue weighted by Gasteiger charge is 2.40. The van der Waals surface area contributed by atoms with E-state index in [2.05, 4.69) is 18.0 Å². The summed E-state index contributed by atoms with van der Waals surface area (Å²) in [6, 6.07) is 11.4. The van der Waals surface area contributed by atoms with E-state index in [0.717, 1.165) is 0 Å². The summed E-state index contributed by atoms with van der Waals surface area (Å²) >= 11 is 1.32. The third kappa shape index (κ3) is 3.45.